The Hall–Kier alpha value is -2.45. The van der Waals surface area contributed by atoms with Crippen LogP contribution in [0.15, 0.2) is 41.5 Å². The second-order valence-electron chi connectivity index (χ2n) is 7.72. The van der Waals surface area contributed by atoms with Gasteiger partial charge in [-0.3, -0.25) is 9.59 Å². The van der Waals surface area contributed by atoms with Gasteiger partial charge in [0.15, 0.2) is 0 Å². The number of piperidine rings is 1. The molecule has 2 saturated heterocycles. The van der Waals surface area contributed by atoms with Crippen LogP contribution in [0.2, 0.25) is 5.02 Å². The Bertz CT molecular complexity index is 964. The lowest BCUT2D eigenvalue weighted by molar-refractivity contribution is -0.139. The zero-order valence-corrected chi connectivity index (χ0v) is 18.1. The summed E-state index contributed by atoms with van der Waals surface area (Å²) in [6, 6.07) is 4.58. The number of halogens is 1. The summed E-state index contributed by atoms with van der Waals surface area (Å²) in [5.41, 5.74) is 2.26. The zero-order chi connectivity index (χ0) is 21.4. The van der Waals surface area contributed by atoms with E-state index in [-0.39, 0.29) is 29.0 Å². The fourth-order valence-electron chi connectivity index (χ4n) is 3.93. The van der Waals surface area contributed by atoms with Gasteiger partial charge in [0, 0.05) is 33.1 Å². The van der Waals surface area contributed by atoms with Crippen molar-refractivity contribution in [1.82, 2.24) is 15.5 Å². The Morgan fingerprint density at radius 1 is 1.40 bits per heavy atom. The highest BCUT2D eigenvalue weighted by molar-refractivity contribution is 8.04. The number of aryl methyl sites for hydroxylation is 1. The van der Waals surface area contributed by atoms with Crippen LogP contribution < -0.4 is 16.0 Å². The van der Waals surface area contributed by atoms with Crippen molar-refractivity contribution in [2.45, 2.75) is 31.1 Å². The Labute approximate surface area is 184 Å². The fraction of sp³-hybridized carbons (Fsp3) is 0.381. The van der Waals surface area contributed by atoms with Crippen LogP contribution in [0.5, 0.6) is 0 Å². The normalized spacial score (nSPS) is 25.7. The molecule has 0 bridgehead atoms. The average Bonchev–Trinajstić information content (AvgIpc) is 3.22. The molecular formula is C21H23ClN4O3S. The number of amides is 4. The van der Waals surface area contributed by atoms with E-state index in [2.05, 4.69) is 22.5 Å². The molecule has 0 aliphatic carbocycles. The molecule has 3 unspecified atom stereocenters. The standard InChI is InChI=1S/C21H23ClN4O3S/c1-11-3-5-13(7-16(11)22)25-21(29)23-9-14-8-15-18(30-14)10-26(20(15)28)17-6-4-12(2)24-19(17)27/h3,5,7-8,15,17-18H,2,4,6,9-10H2,1H3,(H,24,27)(H2,23,25,29). The highest BCUT2D eigenvalue weighted by Crippen LogP contribution is 2.42. The van der Waals surface area contributed by atoms with Crippen molar-refractivity contribution in [3.05, 3.63) is 52.0 Å². The van der Waals surface area contributed by atoms with Crippen LogP contribution in [0, 0.1) is 12.8 Å². The van der Waals surface area contributed by atoms with Crippen molar-refractivity contribution in [3.63, 3.8) is 0 Å². The number of hydrogen-bond donors (Lipinski definition) is 3. The number of nitrogens with one attached hydrogen (secondary N) is 3. The molecule has 2 fully saturated rings. The minimum Gasteiger partial charge on any atom is -0.333 e. The summed E-state index contributed by atoms with van der Waals surface area (Å²) >= 11 is 7.67. The van der Waals surface area contributed by atoms with Gasteiger partial charge in [-0.25, -0.2) is 4.79 Å². The van der Waals surface area contributed by atoms with Gasteiger partial charge < -0.3 is 20.9 Å². The number of allylic oxidation sites excluding steroid dienone is 1. The monoisotopic (exact) mass is 446 g/mol. The molecule has 4 rings (SSSR count). The molecule has 0 spiro atoms. The van der Waals surface area contributed by atoms with Crippen molar-refractivity contribution < 1.29 is 14.4 Å². The van der Waals surface area contributed by atoms with Crippen LogP contribution in [-0.2, 0) is 9.59 Å². The lowest BCUT2D eigenvalue weighted by atomic mass is 10.0. The van der Waals surface area contributed by atoms with Crippen LogP contribution in [0.25, 0.3) is 0 Å². The highest BCUT2D eigenvalue weighted by atomic mass is 35.5. The number of carbonyl (C=O) groups excluding carboxylic acids is 3. The summed E-state index contributed by atoms with van der Waals surface area (Å²) in [5.74, 6) is -0.416. The maximum absolute atomic E-state index is 12.9. The second-order valence-corrected chi connectivity index (χ2v) is 9.50. The minimum atomic E-state index is -0.420. The SMILES string of the molecule is C=C1CCC(N2CC3SC(CNC(=O)Nc4ccc(C)c(Cl)c4)=CC3C2=O)C(=O)N1. The van der Waals surface area contributed by atoms with E-state index in [1.54, 1.807) is 28.8 Å². The number of nitrogens with zero attached hydrogens (tertiary/aromatic N) is 1. The maximum atomic E-state index is 12.9. The Morgan fingerprint density at radius 3 is 2.90 bits per heavy atom. The maximum Gasteiger partial charge on any atom is 0.319 e. The van der Waals surface area contributed by atoms with Crippen molar-refractivity contribution >= 4 is 46.9 Å². The summed E-state index contributed by atoms with van der Waals surface area (Å²) in [4.78, 5) is 39.9. The molecule has 0 saturated carbocycles. The minimum absolute atomic E-state index is 0.0195. The molecule has 3 N–H and O–H groups in total. The third kappa shape index (κ3) is 4.20. The van der Waals surface area contributed by atoms with Crippen LogP contribution >= 0.6 is 23.4 Å². The van der Waals surface area contributed by atoms with E-state index >= 15 is 0 Å². The lowest BCUT2D eigenvalue weighted by Crippen LogP contribution is -2.50. The number of anilines is 1. The molecule has 3 aliphatic heterocycles. The first-order valence-electron chi connectivity index (χ1n) is 9.79. The molecule has 4 amide bonds. The van der Waals surface area contributed by atoms with Crippen molar-refractivity contribution in [2.75, 3.05) is 18.4 Å². The quantitative estimate of drug-likeness (QED) is 0.663. The number of benzene rings is 1. The Kier molecular flexibility index (Phi) is 5.79. The summed E-state index contributed by atoms with van der Waals surface area (Å²) < 4.78 is 0. The molecule has 3 aliphatic rings. The molecule has 1 aromatic carbocycles. The molecule has 30 heavy (non-hydrogen) atoms. The topological polar surface area (TPSA) is 90.5 Å². The van der Waals surface area contributed by atoms with Gasteiger partial charge in [-0.1, -0.05) is 30.3 Å². The number of urea groups is 1. The van der Waals surface area contributed by atoms with Crippen molar-refractivity contribution in [2.24, 2.45) is 5.92 Å². The predicted octanol–water partition coefficient (Wildman–Crippen LogP) is 3.02. The fourth-order valence-corrected chi connectivity index (χ4v) is 5.45. The smallest absolute Gasteiger partial charge is 0.319 e. The van der Waals surface area contributed by atoms with E-state index in [1.807, 2.05) is 19.1 Å². The van der Waals surface area contributed by atoms with E-state index in [0.29, 0.717) is 42.3 Å². The molecule has 0 radical (unpaired) electrons. The molecule has 158 valence electrons. The van der Waals surface area contributed by atoms with Gasteiger partial charge in [0.05, 0.1) is 12.5 Å². The van der Waals surface area contributed by atoms with Crippen LogP contribution in [0.4, 0.5) is 10.5 Å². The average molecular weight is 447 g/mol. The van der Waals surface area contributed by atoms with E-state index in [0.717, 1.165) is 10.5 Å². The molecule has 3 heterocycles. The molecule has 0 aromatic heterocycles. The predicted molar refractivity (Wildman–Crippen MR) is 118 cm³/mol. The third-order valence-corrected chi connectivity index (χ3v) is 7.30. The van der Waals surface area contributed by atoms with Crippen LogP contribution in [0.1, 0.15) is 18.4 Å². The van der Waals surface area contributed by atoms with Gasteiger partial charge in [0.2, 0.25) is 11.8 Å². The van der Waals surface area contributed by atoms with E-state index < -0.39 is 6.04 Å². The summed E-state index contributed by atoms with van der Waals surface area (Å²) in [6.07, 6.45) is 3.22. The summed E-state index contributed by atoms with van der Waals surface area (Å²) in [6.45, 7) is 6.56. The first-order valence-corrected chi connectivity index (χ1v) is 11.0. The van der Waals surface area contributed by atoms with E-state index in [1.165, 1.54) is 0 Å². The van der Waals surface area contributed by atoms with Gasteiger partial charge in [0.1, 0.15) is 6.04 Å². The molecule has 7 nitrogen and oxygen atoms in total. The largest absolute Gasteiger partial charge is 0.333 e. The number of fused-ring (bicyclic) bond motifs is 1. The highest BCUT2D eigenvalue weighted by Gasteiger charge is 2.47. The molecule has 3 atom stereocenters. The number of carbonyl (C=O) groups is 3. The molecule has 9 heteroatoms. The van der Waals surface area contributed by atoms with Gasteiger partial charge in [-0.05, 0) is 37.5 Å². The third-order valence-electron chi connectivity index (χ3n) is 5.56. The second kappa shape index (κ2) is 8.35. The van der Waals surface area contributed by atoms with Crippen molar-refractivity contribution in [3.8, 4) is 0 Å². The first kappa shape index (κ1) is 20.8. The molecular weight excluding hydrogens is 424 g/mol. The van der Waals surface area contributed by atoms with Crippen molar-refractivity contribution in [1.29, 1.82) is 0 Å². The van der Waals surface area contributed by atoms with Gasteiger partial charge in [0.25, 0.3) is 0 Å². The van der Waals surface area contributed by atoms with Crippen LogP contribution in [-0.4, -0.2) is 47.1 Å². The van der Waals surface area contributed by atoms with Gasteiger partial charge in [-0.2, -0.15) is 0 Å². The summed E-state index contributed by atoms with van der Waals surface area (Å²) in [7, 11) is 0. The van der Waals surface area contributed by atoms with Crippen LogP contribution in [0.3, 0.4) is 0 Å². The Balaban J connectivity index is 1.31. The number of rotatable bonds is 4. The number of hydrogen-bond acceptors (Lipinski definition) is 4. The van der Waals surface area contributed by atoms with Gasteiger partial charge in [-0.15, -0.1) is 11.8 Å². The van der Waals surface area contributed by atoms with Gasteiger partial charge >= 0.3 is 6.03 Å². The zero-order valence-electron chi connectivity index (χ0n) is 16.5. The number of thioether (sulfide) groups is 1. The van der Waals surface area contributed by atoms with E-state index in [9.17, 15) is 14.4 Å². The van der Waals surface area contributed by atoms with E-state index in [4.69, 9.17) is 11.6 Å². The Morgan fingerprint density at radius 2 is 2.20 bits per heavy atom. The lowest BCUT2D eigenvalue weighted by Gasteiger charge is -2.31. The summed E-state index contributed by atoms with van der Waals surface area (Å²) in [5, 5.41) is 8.99. The number of likely N-dealkylation sites (tertiary alicyclic amines) is 1. The first-order chi connectivity index (χ1) is 14.3. The molecule has 1 aromatic rings.